The fourth-order valence-corrected chi connectivity index (χ4v) is 2.83. The Morgan fingerprint density at radius 3 is 2.55 bits per heavy atom. The maximum absolute atomic E-state index is 11.3. The minimum atomic E-state index is -0.664. The lowest BCUT2D eigenvalue weighted by Crippen LogP contribution is -2.11. The maximum Gasteiger partial charge on any atom is 0.336 e. The Labute approximate surface area is 171 Å². The Morgan fingerprint density at radius 2 is 1.83 bits per heavy atom. The Balaban J connectivity index is 1.88. The highest BCUT2D eigenvalue weighted by atomic mass is 16.5. The standard InChI is InChI=1S/C24H30O5/c1-16(2)5-9-22(26)18(4)14-20(25)13-17(3)11-12-28-21-8-6-19-7-10-24(27)29-23(19)15-21/h5-8,10-11,14-15,20,22,25-26H,9,12-13H2,1-4H3/b17-11+,18-14+. The Hall–Kier alpha value is -2.63. The molecule has 156 valence electrons. The van der Waals surface area contributed by atoms with E-state index in [9.17, 15) is 15.0 Å². The maximum atomic E-state index is 11.3. The highest BCUT2D eigenvalue weighted by Crippen LogP contribution is 2.20. The van der Waals surface area contributed by atoms with Gasteiger partial charge in [0, 0.05) is 17.5 Å². The fraction of sp³-hybridized carbons (Fsp3) is 0.375. The average molecular weight is 398 g/mol. The van der Waals surface area contributed by atoms with Gasteiger partial charge in [0.05, 0.1) is 12.2 Å². The number of ether oxygens (including phenoxy) is 1. The highest BCUT2D eigenvalue weighted by Gasteiger charge is 2.08. The summed E-state index contributed by atoms with van der Waals surface area (Å²) in [6.07, 6.45) is 5.34. The fourth-order valence-electron chi connectivity index (χ4n) is 2.83. The van der Waals surface area contributed by atoms with E-state index in [1.54, 1.807) is 18.2 Å². The van der Waals surface area contributed by atoms with Gasteiger partial charge in [0.15, 0.2) is 0 Å². The van der Waals surface area contributed by atoms with Crippen LogP contribution in [0.25, 0.3) is 11.0 Å². The van der Waals surface area contributed by atoms with Crippen molar-refractivity contribution in [1.82, 2.24) is 0 Å². The lowest BCUT2D eigenvalue weighted by Gasteiger charge is -2.13. The third-order valence-corrected chi connectivity index (χ3v) is 4.54. The first-order valence-electron chi connectivity index (χ1n) is 9.74. The third-order valence-electron chi connectivity index (χ3n) is 4.54. The lowest BCUT2D eigenvalue weighted by molar-refractivity contribution is 0.199. The molecule has 0 fully saturated rings. The molecule has 0 bridgehead atoms. The Kier molecular flexibility index (Phi) is 8.43. The molecule has 5 nitrogen and oxygen atoms in total. The average Bonchev–Trinajstić information content (AvgIpc) is 2.65. The van der Waals surface area contributed by atoms with Gasteiger partial charge in [-0.15, -0.1) is 0 Å². The molecule has 5 heteroatoms. The van der Waals surface area contributed by atoms with Crippen molar-refractivity contribution in [3.8, 4) is 5.75 Å². The molecule has 2 N–H and O–H groups in total. The van der Waals surface area contributed by atoms with Crippen LogP contribution in [0.3, 0.4) is 0 Å². The normalized spacial score (nSPS) is 14.6. The van der Waals surface area contributed by atoms with Gasteiger partial charge in [0.25, 0.3) is 0 Å². The number of allylic oxidation sites excluding steroid dienone is 1. The van der Waals surface area contributed by atoms with Crippen LogP contribution in [-0.2, 0) is 0 Å². The van der Waals surface area contributed by atoms with Crippen LogP contribution in [0.1, 0.15) is 40.5 Å². The minimum absolute atomic E-state index is 0.340. The molecular weight excluding hydrogens is 368 g/mol. The molecule has 2 aromatic rings. The number of hydrogen-bond acceptors (Lipinski definition) is 5. The third kappa shape index (κ3) is 7.72. The first kappa shape index (κ1) is 22.7. The monoisotopic (exact) mass is 398 g/mol. The molecule has 0 radical (unpaired) electrons. The molecule has 1 aromatic heterocycles. The summed E-state index contributed by atoms with van der Waals surface area (Å²) in [5.74, 6) is 0.606. The van der Waals surface area contributed by atoms with E-state index < -0.39 is 17.8 Å². The predicted molar refractivity (Wildman–Crippen MR) is 116 cm³/mol. The van der Waals surface area contributed by atoms with Crippen LogP contribution in [0.2, 0.25) is 0 Å². The zero-order valence-corrected chi connectivity index (χ0v) is 17.5. The van der Waals surface area contributed by atoms with Gasteiger partial charge in [-0.1, -0.05) is 23.3 Å². The second-order valence-electron chi connectivity index (χ2n) is 7.53. The number of rotatable bonds is 9. The smallest absolute Gasteiger partial charge is 0.336 e. The molecule has 0 amide bonds. The van der Waals surface area contributed by atoms with E-state index in [1.165, 1.54) is 6.07 Å². The number of benzene rings is 1. The zero-order valence-electron chi connectivity index (χ0n) is 17.5. The van der Waals surface area contributed by atoms with Crippen LogP contribution in [0.4, 0.5) is 0 Å². The summed E-state index contributed by atoms with van der Waals surface area (Å²) in [6.45, 7) is 8.07. The van der Waals surface area contributed by atoms with Gasteiger partial charge < -0.3 is 19.4 Å². The Bertz CT molecular complexity index is 961. The molecule has 2 atom stereocenters. The summed E-state index contributed by atoms with van der Waals surface area (Å²) in [5, 5.41) is 21.2. The minimum Gasteiger partial charge on any atom is -0.489 e. The molecule has 1 heterocycles. The van der Waals surface area contributed by atoms with E-state index >= 15 is 0 Å². The zero-order chi connectivity index (χ0) is 21.4. The molecule has 0 aliphatic rings. The van der Waals surface area contributed by atoms with Crippen molar-refractivity contribution in [2.24, 2.45) is 0 Å². The second kappa shape index (κ2) is 10.8. The molecule has 0 aliphatic heterocycles. The van der Waals surface area contributed by atoms with Crippen molar-refractivity contribution in [3.63, 3.8) is 0 Å². The second-order valence-corrected chi connectivity index (χ2v) is 7.53. The topological polar surface area (TPSA) is 79.9 Å². The number of hydrogen-bond donors (Lipinski definition) is 2. The largest absolute Gasteiger partial charge is 0.489 e. The number of aliphatic hydroxyl groups is 2. The van der Waals surface area contributed by atoms with E-state index in [4.69, 9.17) is 9.15 Å². The molecule has 0 saturated heterocycles. The quantitative estimate of drug-likeness (QED) is 0.479. The van der Waals surface area contributed by atoms with Crippen molar-refractivity contribution >= 4 is 11.0 Å². The van der Waals surface area contributed by atoms with Gasteiger partial charge in [-0.2, -0.15) is 0 Å². The number of fused-ring (bicyclic) bond motifs is 1. The van der Waals surface area contributed by atoms with Crippen molar-refractivity contribution < 1.29 is 19.4 Å². The van der Waals surface area contributed by atoms with Crippen molar-refractivity contribution in [3.05, 3.63) is 75.7 Å². The van der Waals surface area contributed by atoms with Gasteiger partial charge in [-0.25, -0.2) is 4.79 Å². The van der Waals surface area contributed by atoms with Crippen molar-refractivity contribution in [1.29, 1.82) is 0 Å². The molecule has 0 aliphatic carbocycles. The molecule has 29 heavy (non-hydrogen) atoms. The summed E-state index contributed by atoms with van der Waals surface area (Å²) < 4.78 is 10.9. The van der Waals surface area contributed by atoms with Gasteiger partial charge in [-0.3, -0.25) is 0 Å². The summed E-state index contributed by atoms with van der Waals surface area (Å²) in [6, 6.07) is 8.44. The van der Waals surface area contributed by atoms with Crippen LogP contribution in [0.15, 0.2) is 74.5 Å². The summed E-state index contributed by atoms with van der Waals surface area (Å²) >= 11 is 0. The molecule has 2 unspecified atom stereocenters. The van der Waals surface area contributed by atoms with Gasteiger partial charge >= 0.3 is 5.63 Å². The predicted octanol–water partition coefficient (Wildman–Crippen LogP) is 4.53. The van der Waals surface area contributed by atoms with Crippen LogP contribution in [0, 0.1) is 0 Å². The lowest BCUT2D eigenvalue weighted by atomic mass is 10.0. The van der Waals surface area contributed by atoms with Crippen molar-refractivity contribution in [2.75, 3.05) is 6.61 Å². The van der Waals surface area contributed by atoms with E-state index in [-0.39, 0.29) is 0 Å². The van der Waals surface area contributed by atoms with Crippen LogP contribution >= 0.6 is 0 Å². The van der Waals surface area contributed by atoms with E-state index in [0.29, 0.717) is 30.8 Å². The Morgan fingerprint density at radius 1 is 1.10 bits per heavy atom. The number of aliphatic hydroxyl groups excluding tert-OH is 2. The SMILES string of the molecule is CC(C)=CCC(O)/C(C)=C/C(O)C/C(C)=C/COc1ccc2ccc(=O)oc2c1. The summed E-state index contributed by atoms with van der Waals surface area (Å²) in [5.41, 5.74) is 2.99. The molecule has 1 aromatic carbocycles. The van der Waals surface area contributed by atoms with Crippen LogP contribution < -0.4 is 10.4 Å². The van der Waals surface area contributed by atoms with Crippen molar-refractivity contribution in [2.45, 2.75) is 52.7 Å². The van der Waals surface area contributed by atoms with Crippen LogP contribution in [0.5, 0.6) is 5.75 Å². The van der Waals surface area contributed by atoms with Gasteiger partial charge in [0.2, 0.25) is 0 Å². The molecular formula is C24H30O5. The van der Waals surface area contributed by atoms with E-state index in [0.717, 1.165) is 22.1 Å². The van der Waals surface area contributed by atoms with E-state index in [1.807, 2.05) is 52.0 Å². The molecule has 0 spiro atoms. The molecule has 2 rings (SSSR count). The highest BCUT2D eigenvalue weighted by molar-refractivity contribution is 5.77. The van der Waals surface area contributed by atoms with Gasteiger partial charge in [-0.05, 0) is 70.4 Å². The van der Waals surface area contributed by atoms with Gasteiger partial charge in [0.1, 0.15) is 17.9 Å². The first-order valence-corrected chi connectivity index (χ1v) is 9.74. The van der Waals surface area contributed by atoms with E-state index in [2.05, 4.69) is 0 Å². The molecule has 0 saturated carbocycles. The first-order chi connectivity index (χ1) is 13.7. The summed E-state index contributed by atoms with van der Waals surface area (Å²) in [4.78, 5) is 11.3. The van der Waals surface area contributed by atoms with Crippen LogP contribution in [-0.4, -0.2) is 29.0 Å². The summed E-state index contributed by atoms with van der Waals surface area (Å²) in [7, 11) is 0.